The fourth-order valence-electron chi connectivity index (χ4n) is 0.793. The van der Waals surface area contributed by atoms with E-state index in [1.54, 1.807) is 11.3 Å². The summed E-state index contributed by atoms with van der Waals surface area (Å²) in [4.78, 5) is 17.4. The Balaban J connectivity index is 2.49. The second-order valence-electron chi connectivity index (χ2n) is 3.04. The minimum Gasteiger partial charge on any atom is -0.271 e. The van der Waals surface area contributed by atoms with E-state index < -0.39 is 0 Å². The van der Waals surface area contributed by atoms with E-state index in [1.165, 1.54) is 0 Å². The Morgan fingerprint density at radius 1 is 1.62 bits per heavy atom. The van der Waals surface area contributed by atoms with Gasteiger partial charge in [-0.3, -0.25) is 9.63 Å². The molecule has 0 aliphatic carbocycles. The molecule has 1 aromatic rings. The van der Waals surface area contributed by atoms with Gasteiger partial charge in [0.15, 0.2) is 0 Å². The maximum Gasteiger partial charge on any atom is 0.275 e. The highest BCUT2D eigenvalue weighted by molar-refractivity contribution is 7.10. The normalized spacial score (nSPS) is 10.5. The van der Waals surface area contributed by atoms with Gasteiger partial charge >= 0.3 is 0 Å². The summed E-state index contributed by atoms with van der Waals surface area (Å²) in [6, 6.07) is 1.84. The van der Waals surface area contributed by atoms with Gasteiger partial charge in [0, 0.05) is 10.3 Å². The van der Waals surface area contributed by atoms with Crippen LogP contribution in [-0.4, -0.2) is 12.0 Å². The summed E-state index contributed by atoms with van der Waals surface area (Å²) < 4.78 is 0. The van der Waals surface area contributed by atoms with Gasteiger partial charge in [-0.15, -0.1) is 11.3 Å². The molecular weight excluding hydrogens is 186 g/mol. The molecule has 0 aliphatic heterocycles. The second kappa shape index (κ2) is 4.39. The van der Waals surface area contributed by atoms with Gasteiger partial charge in [-0.25, -0.2) is 5.48 Å². The molecule has 0 atom stereocenters. The number of thiophene rings is 1. The zero-order chi connectivity index (χ0) is 9.84. The average molecular weight is 199 g/mol. The molecule has 1 heterocycles. The van der Waals surface area contributed by atoms with E-state index in [4.69, 9.17) is 4.84 Å². The average Bonchev–Trinajstić information content (AvgIpc) is 2.47. The largest absolute Gasteiger partial charge is 0.275 e. The zero-order valence-electron chi connectivity index (χ0n) is 7.96. The fraction of sp³-hybridized carbons (Fsp3) is 0.444. The Bertz CT molecular complexity index is 294. The first-order chi connectivity index (χ1) is 6.09. The molecule has 0 radical (unpaired) electrons. The number of aryl methyl sites for hydroxylation is 1. The summed E-state index contributed by atoms with van der Waals surface area (Å²) in [7, 11) is 0. The van der Waals surface area contributed by atoms with Crippen LogP contribution in [0.3, 0.4) is 0 Å². The highest BCUT2D eigenvalue weighted by Gasteiger charge is 2.07. The molecule has 72 valence electrons. The van der Waals surface area contributed by atoms with Crippen LogP contribution in [0.1, 0.15) is 29.1 Å². The zero-order valence-corrected chi connectivity index (χ0v) is 8.77. The van der Waals surface area contributed by atoms with Crippen LogP contribution in [0.15, 0.2) is 11.4 Å². The molecule has 4 heteroatoms. The van der Waals surface area contributed by atoms with Crippen LogP contribution in [0.25, 0.3) is 0 Å². The fourth-order valence-corrected chi connectivity index (χ4v) is 1.48. The van der Waals surface area contributed by atoms with Crippen molar-refractivity contribution >= 4 is 17.2 Å². The number of hydrogen-bond donors (Lipinski definition) is 1. The molecule has 0 aliphatic rings. The molecule has 1 aromatic heterocycles. The van der Waals surface area contributed by atoms with Gasteiger partial charge in [-0.1, -0.05) is 0 Å². The molecule has 0 aromatic carbocycles. The number of carbonyl (C=O) groups excluding carboxylic acids is 1. The third kappa shape index (κ3) is 3.16. The van der Waals surface area contributed by atoms with Gasteiger partial charge in [0.05, 0.1) is 11.7 Å². The van der Waals surface area contributed by atoms with Crippen molar-refractivity contribution in [1.29, 1.82) is 0 Å². The van der Waals surface area contributed by atoms with Crippen LogP contribution in [0, 0.1) is 6.92 Å². The molecule has 0 unspecified atom stereocenters. The first-order valence-corrected chi connectivity index (χ1v) is 4.98. The Hall–Kier alpha value is -0.870. The molecule has 1 amide bonds. The lowest BCUT2D eigenvalue weighted by Crippen LogP contribution is -2.26. The number of hydrogen-bond acceptors (Lipinski definition) is 3. The van der Waals surface area contributed by atoms with Crippen molar-refractivity contribution < 1.29 is 9.63 Å². The van der Waals surface area contributed by atoms with Crippen LogP contribution < -0.4 is 5.48 Å². The molecule has 1 N–H and O–H groups in total. The Kier molecular flexibility index (Phi) is 3.45. The van der Waals surface area contributed by atoms with Crippen molar-refractivity contribution in [2.75, 3.05) is 0 Å². The van der Waals surface area contributed by atoms with E-state index in [1.807, 2.05) is 32.2 Å². The maximum absolute atomic E-state index is 11.3. The standard InChI is InChI=1S/C9H13NO2S/c1-6(2)12-10-9(11)8-4-7(3)13-5-8/h4-6H,1-3H3,(H,10,11). The molecule has 1 rings (SSSR count). The molecule has 0 saturated heterocycles. The lowest BCUT2D eigenvalue weighted by atomic mass is 10.3. The predicted molar refractivity (Wildman–Crippen MR) is 52.7 cm³/mol. The number of hydroxylamine groups is 1. The molecule has 0 bridgehead atoms. The maximum atomic E-state index is 11.3. The van der Waals surface area contributed by atoms with E-state index in [0.717, 1.165) is 4.88 Å². The quantitative estimate of drug-likeness (QED) is 0.757. The molecular formula is C9H13NO2S. The minimum absolute atomic E-state index is 0.00341. The summed E-state index contributed by atoms with van der Waals surface area (Å²) in [5.41, 5.74) is 3.04. The molecule has 0 fully saturated rings. The first-order valence-electron chi connectivity index (χ1n) is 4.10. The third-order valence-corrected chi connectivity index (χ3v) is 2.24. The van der Waals surface area contributed by atoms with Crippen molar-refractivity contribution in [3.05, 3.63) is 21.9 Å². The number of carbonyl (C=O) groups is 1. The van der Waals surface area contributed by atoms with Crippen molar-refractivity contribution in [3.8, 4) is 0 Å². The first kappa shape index (κ1) is 10.2. The second-order valence-corrected chi connectivity index (χ2v) is 4.16. The third-order valence-electron chi connectivity index (χ3n) is 1.38. The SMILES string of the molecule is Cc1cc(C(=O)NOC(C)C)cs1. The van der Waals surface area contributed by atoms with E-state index in [2.05, 4.69) is 5.48 Å². The smallest absolute Gasteiger partial charge is 0.271 e. The van der Waals surface area contributed by atoms with E-state index in [-0.39, 0.29) is 12.0 Å². The van der Waals surface area contributed by atoms with E-state index in [0.29, 0.717) is 5.56 Å². The summed E-state index contributed by atoms with van der Waals surface area (Å²) >= 11 is 1.55. The van der Waals surface area contributed by atoms with E-state index >= 15 is 0 Å². The number of nitrogens with one attached hydrogen (secondary N) is 1. The van der Waals surface area contributed by atoms with E-state index in [9.17, 15) is 4.79 Å². The van der Waals surface area contributed by atoms with Gasteiger partial charge in [0.2, 0.25) is 0 Å². The summed E-state index contributed by atoms with van der Waals surface area (Å²) in [6.07, 6.45) is 0.00341. The van der Waals surface area contributed by atoms with Gasteiger partial charge in [-0.2, -0.15) is 0 Å². The molecule has 3 nitrogen and oxygen atoms in total. The van der Waals surface area contributed by atoms with Crippen LogP contribution in [-0.2, 0) is 4.84 Å². The predicted octanol–water partition coefficient (Wildman–Crippen LogP) is 2.13. The van der Waals surface area contributed by atoms with Crippen LogP contribution in [0.2, 0.25) is 0 Å². The van der Waals surface area contributed by atoms with Crippen molar-refractivity contribution in [2.45, 2.75) is 26.9 Å². The molecule has 13 heavy (non-hydrogen) atoms. The van der Waals surface area contributed by atoms with Crippen LogP contribution in [0.5, 0.6) is 0 Å². The van der Waals surface area contributed by atoms with Crippen molar-refractivity contribution in [1.82, 2.24) is 5.48 Å². The Morgan fingerprint density at radius 2 is 2.31 bits per heavy atom. The lowest BCUT2D eigenvalue weighted by molar-refractivity contribution is 0.000219. The van der Waals surface area contributed by atoms with Gasteiger partial charge in [0.25, 0.3) is 5.91 Å². The number of rotatable bonds is 3. The van der Waals surface area contributed by atoms with Gasteiger partial charge in [0.1, 0.15) is 0 Å². The van der Waals surface area contributed by atoms with Crippen LogP contribution >= 0.6 is 11.3 Å². The monoisotopic (exact) mass is 199 g/mol. The summed E-state index contributed by atoms with van der Waals surface area (Å²) in [5, 5.41) is 1.81. The highest BCUT2D eigenvalue weighted by atomic mass is 32.1. The Labute approximate surface area is 81.7 Å². The van der Waals surface area contributed by atoms with Crippen molar-refractivity contribution in [2.24, 2.45) is 0 Å². The minimum atomic E-state index is -0.182. The molecule has 0 spiro atoms. The Morgan fingerprint density at radius 3 is 2.77 bits per heavy atom. The van der Waals surface area contributed by atoms with Crippen LogP contribution in [0.4, 0.5) is 0 Å². The number of amides is 1. The van der Waals surface area contributed by atoms with Gasteiger partial charge < -0.3 is 0 Å². The topological polar surface area (TPSA) is 38.3 Å². The summed E-state index contributed by atoms with van der Waals surface area (Å²) in [5.74, 6) is -0.182. The van der Waals surface area contributed by atoms with Crippen molar-refractivity contribution in [3.63, 3.8) is 0 Å². The highest BCUT2D eigenvalue weighted by Crippen LogP contribution is 2.12. The molecule has 0 saturated carbocycles. The lowest BCUT2D eigenvalue weighted by Gasteiger charge is -2.06. The van der Waals surface area contributed by atoms with Gasteiger partial charge in [-0.05, 0) is 26.8 Å². The summed E-state index contributed by atoms with van der Waals surface area (Å²) in [6.45, 7) is 5.68.